The number of carbonyl (C=O) groups is 2. The highest BCUT2D eigenvalue weighted by Gasteiger charge is 2.29. The van der Waals surface area contributed by atoms with Crippen molar-refractivity contribution in [1.82, 2.24) is 10.6 Å². The van der Waals surface area contributed by atoms with Crippen LogP contribution in [0.4, 0.5) is 0 Å². The van der Waals surface area contributed by atoms with E-state index in [2.05, 4.69) is 10.6 Å². The third kappa shape index (κ3) is 4.60. The van der Waals surface area contributed by atoms with Crippen LogP contribution in [0.25, 0.3) is 0 Å². The maximum absolute atomic E-state index is 11.8. The van der Waals surface area contributed by atoms with Gasteiger partial charge < -0.3 is 16.4 Å². The molecule has 1 saturated carbocycles. The van der Waals surface area contributed by atoms with Crippen molar-refractivity contribution in [2.45, 2.75) is 26.7 Å². The first-order chi connectivity index (χ1) is 8.43. The molecular formula is C12H21N3O2S. The number of hydrogen-bond acceptors (Lipinski definition) is 3. The number of hydrogen-bond donors (Lipinski definition) is 3. The monoisotopic (exact) mass is 271 g/mol. The average Bonchev–Trinajstić information content (AvgIpc) is 3.06. The second-order valence-electron chi connectivity index (χ2n) is 4.98. The lowest BCUT2D eigenvalue weighted by Gasteiger charge is -2.18. The predicted molar refractivity (Wildman–Crippen MR) is 73.9 cm³/mol. The molecule has 0 radical (unpaired) electrons. The largest absolute Gasteiger partial charge is 0.393 e. The molecule has 1 fully saturated rings. The van der Waals surface area contributed by atoms with Crippen LogP contribution >= 0.6 is 12.2 Å². The van der Waals surface area contributed by atoms with E-state index >= 15 is 0 Å². The Morgan fingerprint density at radius 3 is 2.28 bits per heavy atom. The average molecular weight is 271 g/mol. The zero-order valence-electron chi connectivity index (χ0n) is 10.9. The molecule has 1 aliphatic carbocycles. The first-order valence-corrected chi connectivity index (χ1v) is 6.69. The van der Waals surface area contributed by atoms with Crippen molar-refractivity contribution in [2.24, 2.45) is 23.5 Å². The fourth-order valence-corrected chi connectivity index (χ4v) is 2.11. The summed E-state index contributed by atoms with van der Waals surface area (Å²) in [5.74, 6) is -0.263. The van der Waals surface area contributed by atoms with E-state index in [0.717, 1.165) is 12.8 Å². The molecule has 102 valence electrons. The molecule has 1 unspecified atom stereocenters. The highest BCUT2D eigenvalue weighted by atomic mass is 32.1. The van der Waals surface area contributed by atoms with Crippen LogP contribution in [0.3, 0.4) is 0 Å². The summed E-state index contributed by atoms with van der Waals surface area (Å²) in [6.45, 7) is 4.66. The Labute approximate surface area is 113 Å². The smallest absolute Gasteiger partial charge is 0.230 e. The zero-order chi connectivity index (χ0) is 13.7. The fourth-order valence-electron chi connectivity index (χ4n) is 1.73. The van der Waals surface area contributed by atoms with Crippen molar-refractivity contribution in [2.75, 3.05) is 13.1 Å². The Hall–Kier alpha value is -1.17. The van der Waals surface area contributed by atoms with E-state index in [0.29, 0.717) is 13.1 Å². The SMILES string of the molecule is CC(C)C(C(=O)NCCNC(=O)C1CC1)C(N)=S. The fraction of sp³-hybridized carbons (Fsp3) is 0.750. The molecular weight excluding hydrogens is 250 g/mol. The quantitative estimate of drug-likeness (QED) is 0.456. The van der Waals surface area contributed by atoms with Crippen molar-refractivity contribution in [3.63, 3.8) is 0 Å². The molecule has 2 amide bonds. The molecule has 0 heterocycles. The summed E-state index contributed by atoms with van der Waals surface area (Å²) in [7, 11) is 0. The molecule has 0 spiro atoms. The van der Waals surface area contributed by atoms with E-state index in [4.69, 9.17) is 18.0 Å². The number of nitrogens with two attached hydrogens (primary N) is 1. The number of amides is 2. The van der Waals surface area contributed by atoms with Gasteiger partial charge in [0.1, 0.15) is 0 Å². The van der Waals surface area contributed by atoms with Crippen LogP contribution in [-0.2, 0) is 9.59 Å². The molecule has 0 aromatic rings. The number of carbonyl (C=O) groups excluding carboxylic acids is 2. The van der Waals surface area contributed by atoms with Gasteiger partial charge in [0.05, 0.1) is 10.9 Å². The van der Waals surface area contributed by atoms with Gasteiger partial charge in [-0.3, -0.25) is 9.59 Å². The van der Waals surface area contributed by atoms with Gasteiger partial charge in [-0.25, -0.2) is 0 Å². The van der Waals surface area contributed by atoms with Crippen LogP contribution in [0, 0.1) is 17.8 Å². The summed E-state index contributed by atoms with van der Waals surface area (Å²) in [6.07, 6.45) is 1.96. The van der Waals surface area contributed by atoms with Gasteiger partial charge in [-0.2, -0.15) is 0 Å². The van der Waals surface area contributed by atoms with Gasteiger partial charge in [0, 0.05) is 19.0 Å². The van der Waals surface area contributed by atoms with Crippen molar-refractivity contribution in [3.05, 3.63) is 0 Å². The van der Waals surface area contributed by atoms with Gasteiger partial charge in [0.2, 0.25) is 11.8 Å². The summed E-state index contributed by atoms with van der Waals surface area (Å²) in [4.78, 5) is 23.4. The summed E-state index contributed by atoms with van der Waals surface area (Å²) < 4.78 is 0. The van der Waals surface area contributed by atoms with Crippen molar-refractivity contribution < 1.29 is 9.59 Å². The van der Waals surface area contributed by atoms with Crippen LogP contribution in [0.2, 0.25) is 0 Å². The minimum atomic E-state index is -0.445. The highest BCUT2D eigenvalue weighted by Crippen LogP contribution is 2.28. The van der Waals surface area contributed by atoms with E-state index in [1.165, 1.54) is 0 Å². The Morgan fingerprint density at radius 1 is 1.28 bits per heavy atom. The van der Waals surface area contributed by atoms with Crippen LogP contribution in [0.1, 0.15) is 26.7 Å². The maximum Gasteiger partial charge on any atom is 0.230 e. The molecule has 0 aromatic carbocycles. The van der Waals surface area contributed by atoms with Crippen molar-refractivity contribution >= 4 is 29.0 Å². The first kappa shape index (κ1) is 14.9. The van der Waals surface area contributed by atoms with Gasteiger partial charge in [0.15, 0.2) is 0 Å². The topological polar surface area (TPSA) is 84.2 Å². The summed E-state index contributed by atoms with van der Waals surface area (Å²) in [6, 6.07) is 0. The number of thiocarbonyl (C=S) groups is 1. The molecule has 5 nitrogen and oxygen atoms in total. The standard InChI is InChI=1S/C12H21N3O2S/c1-7(2)9(10(13)18)12(17)15-6-5-14-11(16)8-3-4-8/h7-9H,3-6H2,1-2H3,(H2,13,18)(H,14,16)(H,15,17). The maximum atomic E-state index is 11.8. The van der Waals surface area contributed by atoms with E-state index in [1.807, 2.05) is 13.8 Å². The van der Waals surface area contributed by atoms with Gasteiger partial charge in [-0.15, -0.1) is 0 Å². The van der Waals surface area contributed by atoms with Crippen molar-refractivity contribution in [3.8, 4) is 0 Å². The van der Waals surface area contributed by atoms with Gasteiger partial charge in [-0.05, 0) is 18.8 Å². The number of rotatable bonds is 7. The first-order valence-electron chi connectivity index (χ1n) is 6.28. The molecule has 0 aromatic heterocycles. The minimum Gasteiger partial charge on any atom is -0.393 e. The molecule has 0 aliphatic heterocycles. The second-order valence-corrected chi connectivity index (χ2v) is 5.45. The lowest BCUT2D eigenvalue weighted by atomic mass is 9.95. The highest BCUT2D eigenvalue weighted by molar-refractivity contribution is 7.80. The van der Waals surface area contributed by atoms with Crippen LogP contribution < -0.4 is 16.4 Å². The third-order valence-corrected chi connectivity index (χ3v) is 3.18. The van der Waals surface area contributed by atoms with Gasteiger partial charge >= 0.3 is 0 Å². The number of nitrogens with one attached hydrogen (secondary N) is 2. The molecule has 1 aliphatic rings. The van der Waals surface area contributed by atoms with Crippen LogP contribution in [0.15, 0.2) is 0 Å². The van der Waals surface area contributed by atoms with E-state index in [-0.39, 0.29) is 28.6 Å². The van der Waals surface area contributed by atoms with Crippen molar-refractivity contribution in [1.29, 1.82) is 0 Å². The predicted octanol–water partition coefficient (Wildman–Crippen LogP) is 0.187. The molecule has 0 bridgehead atoms. The van der Waals surface area contributed by atoms with Crippen LogP contribution in [-0.4, -0.2) is 29.9 Å². The van der Waals surface area contributed by atoms with Crippen LogP contribution in [0.5, 0.6) is 0 Å². The molecule has 4 N–H and O–H groups in total. The summed E-state index contributed by atoms with van der Waals surface area (Å²) in [5.41, 5.74) is 5.54. The molecule has 1 atom stereocenters. The third-order valence-electron chi connectivity index (χ3n) is 2.93. The van der Waals surface area contributed by atoms with Gasteiger partial charge in [0.25, 0.3) is 0 Å². The minimum absolute atomic E-state index is 0.0727. The molecule has 1 rings (SSSR count). The Morgan fingerprint density at radius 2 is 1.83 bits per heavy atom. The van der Waals surface area contributed by atoms with E-state index in [9.17, 15) is 9.59 Å². The molecule has 6 heteroatoms. The van der Waals surface area contributed by atoms with Gasteiger partial charge in [-0.1, -0.05) is 26.1 Å². The Bertz CT molecular complexity index is 340. The Balaban J connectivity index is 2.22. The lowest BCUT2D eigenvalue weighted by molar-refractivity contribution is -0.125. The van der Waals surface area contributed by atoms with E-state index < -0.39 is 5.92 Å². The lowest BCUT2D eigenvalue weighted by Crippen LogP contribution is -2.43. The Kier molecular flexibility index (Phi) is 5.53. The second kappa shape index (κ2) is 6.68. The molecule has 18 heavy (non-hydrogen) atoms. The molecule has 0 saturated heterocycles. The summed E-state index contributed by atoms with van der Waals surface area (Å²) in [5, 5.41) is 5.52. The normalized spacial score (nSPS) is 16.2. The van der Waals surface area contributed by atoms with E-state index in [1.54, 1.807) is 0 Å². The summed E-state index contributed by atoms with van der Waals surface area (Å²) >= 11 is 4.88. The zero-order valence-corrected chi connectivity index (χ0v) is 11.7.